The first-order valence-corrected chi connectivity index (χ1v) is 9.47. The number of benzene rings is 1. The summed E-state index contributed by atoms with van der Waals surface area (Å²) in [5, 5.41) is 8.27. The largest absolute Gasteiger partial charge is 0.493 e. The van der Waals surface area contributed by atoms with Gasteiger partial charge in [-0.2, -0.15) is 4.98 Å². The molecule has 0 spiro atoms. The minimum absolute atomic E-state index is 0.0469. The number of amides is 1. The van der Waals surface area contributed by atoms with Crippen molar-refractivity contribution < 1.29 is 28.1 Å². The van der Waals surface area contributed by atoms with Gasteiger partial charge >= 0.3 is 0 Å². The van der Waals surface area contributed by atoms with Crippen LogP contribution in [0.1, 0.15) is 0 Å². The number of carbonyl (C=O) groups excluding carboxylic acids is 1. The van der Waals surface area contributed by atoms with Crippen molar-refractivity contribution >= 4 is 35.0 Å². The monoisotopic (exact) mass is 454 g/mol. The van der Waals surface area contributed by atoms with Crippen LogP contribution in [-0.4, -0.2) is 42.2 Å². The van der Waals surface area contributed by atoms with Crippen LogP contribution in [0.2, 0.25) is 0 Å². The van der Waals surface area contributed by atoms with Gasteiger partial charge in [-0.3, -0.25) is 4.79 Å². The molecule has 12 heteroatoms. The average molecular weight is 454 g/mol. The van der Waals surface area contributed by atoms with E-state index in [9.17, 15) is 9.18 Å². The molecule has 11 nitrogen and oxygen atoms in total. The molecule has 3 aromatic rings. The third-order valence-electron chi connectivity index (χ3n) is 4.49. The van der Waals surface area contributed by atoms with E-state index in [0.29, 0.717) is 28.7 Å². The highest BCUT2D eigenvalue weighted by Crippen LogP contribution is 2.40. The van der Waals surface area contributed by atoms with E-state index in [2.05, 4.69) is 37.5 Å². The molecule has 1 aromatic carbocycles. The highest BCUT2D eigenvalue weighted by molar-refractivity contribution is 6.04. The van der Waals surface area contributed by atoms with Gasteiger partial charge in [-0.25, -0.2) is 14.4 Å². The van der Waals surface area contributed by atoms with Crippen molar-refractivity contribution in [3.63, 3.8) is 0 Å². The Morgan fingerprint density at radius 1 is 1.06 bits per heavy atom. The van der Waals surface area contributed by atoms with Crippen LogP contribution in [0.25, 0.3) is 0 Å². The molecule has 0 atom stereocenters. The number of anilines is 5. The van der Waals surface area contributed by atoms with Crippen molar-refractivity contribution in [1.29, 1.82) is 0 Å². The molecule has 1 aliphatic heterocycles. The van der Waals surface area contributed by atoms with Crippen LogP contribution in [0.3, 0.4) is 0 Å². The molecule has 1 amide bonds. The summed E-state index contributed by atoms with van der Waals surface area (Å²) in [6, 6.07) is 6.41. The number of nitrogens with zero attached hydrogens (tertiary/aromatic N) is 3. The standard InChI is InChI=1S/C21H19FN6O5/c1-10-20(29)27-19-13(33-10)5-6-16(26-19)25-18-12(22)9-23-21(28-18)24-11-7-14(30-2)17(32-4)15(8-11)31-3/h5-9H,1H2,2-4H3,(H3,23,24,25,26,27,28,29). The number of halogens is 1. The van der Waals surface area contributed by atoms with Crippen LogP contribution >= 0.6 is 0 Å². The van der Waals surface area contributed by atoms with Gasteiger partial charge in [0.05, 0.1) is 27.5 Å². The zero-order chi connectivity index (χ0) is 23.5. The summed E-state index contributed by atoms with van der Waals surface area (Å²) < 4.78 is 35.6. The predicted molar refractivity (Wildman–Crippen MR) is 117 cm³/mol. The highest BCUT2D eigenvalue weighted by atomic mass is 19.1. The molecular formula is C21H19FN6O5. The van der Waals surface area contributed by atoms with Gasteiger partial charge in [0, 0.05) is 17.8 Å². The molecule has 2 aromatic heterocycles. The van der Waals surface area contributed by atoms with E-state index in [1.165, 1.54) is 27.4 Å². The second-order valence-corrected chi connectivity index (χ2v) is 6.58. The second-order valence-electron chi connectivity index (χ2n) is 6.58. The molecular weight excluding hydrogens is 435 g/mol. The van der Waals surface area contributed by atoms with E-state index in [4.69, 9.17) is 18.9 Å². The number of hydrogen-bond acceptors (Lipinski definition) is 10. The highest BCUT2D eigenvalue weighted by Gasteiger charge is 2.22. The molecule has 4 rings (SSSR count). The van der Waals surface area contributed by atoms with Crippen LogP contribution in [0, 0.1) is 5.82 Å². The Kier molecular flexibility index (Phi) is 5.81. The van der Waals surface area contributed by atoms with Crippen molar-refractivity contribution in [2.75, 3.05) is 37.3 Å². The van der Waals surface area contributed by atoms with Crippen molar-refractivity contribution in [2.45, 2.75) is 0 Å². The maximum Gasteiger partial charge on any atom is 0.292 e. The van der Waals surface area contributed by atoms with E-state index in [-0.39, 0.29) is 29.2 Å². The molecule has 0 fully saturated rings. The van der Waals surface area contributed by atoms with Crippen LogP contribution < -0.4 is 34.9 Å². The molecule has 33 heavy (non-hydrogen) atoms. The van der Waals surface area contributed by atoms with Crippen LogP contribution in [0.15, 0.2) is 42.8 Å². The molecule has 0 aliphatic carbocycles. The fourth-order valence-electron chi connectivity index (χ4n) is 2.96. The zero-order valence-electron chi connectivity index (χ0n) is 17.9. The number of hydrogen-bond donors (Lipinski definition) is 3. The van der Waals surface area contributed by atoms with Crippen molar-refractivity contribution in [2.24, 2.45) is 0 Å². The van der Waals surface area contributed by atoms with Crippen LogP contribution in [0.4, 0.5) is 33.5 Å². The Balaban J connectivity index is 1.59. The Hall–Kier alpha value is -4.61. The minimum Gasteiger partial charge on any atom is -0.493 e. The smallest absolute Gasteiger partial charge is 0.292 e. The number of methoxy groups -OCH3 is 3. The van der Waals surface area contributed by atoms with E-state index < -0.39 is 11.7 Å². The minimum atomic E-state index is -0.710. The summed E-state index contributed by atoms with van der Waals surface area (Å²) >= 11 is 0. The SMILES string of the molecule is C=C1Oc2ccc(Nc3nc(Nc4cc(OC)c(OC)c(OC)c4)ncc3F)nc2NC1=O. The third kappa shape index (κ3) is 4.39. The summed E-state index contributed by atoms with van der Waals surface area (Å²) in [6.07, 6.45) is 1.00. The maximum absolute atomic E-state index is 14.4. The number of carbonyl (C=O) groups is 1. The maximum atomic E-state index is 14.4. The summed E-state index contributed by atoms with van der Waals surface area (Å²) in [5.41, 5.74) is 0.522. The predicted octanol–water partition coefficient (Wildman–Crippen LogP) is 3.37. The number of ether oxygens (including phenoxy) is 4. The molecule has 170 valence electrons. The lowest BCUT2D eigenvalue weighted by molar-refractivity contribution is -0.115. The first-order chi connectivity index (χ1) is 15.9. The fraction of sp³-hybridized carbons (Fsp3) is 0.143. The molecule has 3 heterocycles. The lowest BCUT2D eigenvalue weighted by Gasteiger charge is -2.18. The molecule has 0 unspecified atom stereocenters. The Labute approximate surface area is 187 Å². The Bertz CT molecular complexity index is 1230. The number of nitrogens with one attached hydrogen (secondary N) is 3. The third-order valence-corrected chi connectivity index (χ3v) is 4.49. The van der Waals surface area contributed by atoms with Gasteiger partial charge in [0.15, 0.2) is 40.5 Å². The molecule has 3 N–H and O–H groups in total. The molecule has 0 radical (unpaired) electrons. The molecule has 0 saturated carbocycles. The van der Waals surface area contributed by atoms with E-state index in [0.717, 1.165) is 6.20 Å². The van der Waals surface area contributed by atoms with Gasteiger partial charge < -0.3 is 34.9 Å². The van der Waals surface area contributed by atoms with Gasteiger partial charge in [0.1, 0.15) is 5.82 Å². The number of aromatic nitrogens is 3. The summed E-state index contributed by atoms with van der Waals surface area (Å²) in [5.74, 6) is 0.660. The Morgan fingerprint density at radius 2 is 1.79 bits per heavy atom. The van der Waals surface area contributed by atoms with E-state index in [1.54, 1.807) is 18.2 Å². The van der Waals surface area contributed by atoms with Crippen molar-refractivity contribution in [1.82, 2.24) is 15.0 Å². The number of rotatable bonds is 7. The topological polar surface area (TPSA) is 129 Å². The number of pyridine rings is 1. The molecule has 0 bridgehead atoms. The first kappa shape index (κ1) is 21.6. The average Bonchev–Trinajstić information content (AvgIpc) is 2.81. The van der Waals surface area contributed by atoms with Crippen molar-refractivity contribution in [3.05, 3.63) is 48.6 Å². The van der Waals surface area contributed by atoms with Gasteiger partial charge in [-0.05, 0) is 12.1 Å². The van der Waals surface area contributed by atoms with Crippen molar-refractivity contribution in [3.8, 4) is 23.0 Å². The first-order valence-electron chi connectivity index (χ1n) is 9.47. The lowest BCUT2D eigenvalue weighted by atomic mass is 10.2. The lowest BCUT2D eigenvalue weighted by Crippen LogP contribution is -2.23. The molecule has 0 saturated heterocycles. The van der Waals surface area contributed by atoms with Crippen LogP contribution in [0.5, 0.6) is 23.0 Å². The Morgan fingerprint density at radius 3 is 2.45 bits per heavy atom. The number of fused-ring (bicyclic) bond motifs is 1. The zero-order valence-corrected chi connectivity index (χ0v) is 17.9. The van der Waals surface area contributed by atoms with Gasteiger partial charge in [0.25, 0.3) is 5.91 Å². The summed E-state index contributed by atoms with van der Waals surface area (Å²) in [7, 11) is 4.48. The van der Waals surface area contributed by atoms with Gasteiger partial charge in [-0.15, -0.1) is 0 Å². The van der Waals surface area contributed by atoms with E-state index in [1.807, 2.05) is 0 Å². The summed E-state index contributed by atoms with van der Waals surface area (Å²) in [4.78, 5) is 24.1. The second kappa shape index (κ2) is 8.86. The van der Waals surface area contributed by atoms with Gasteiger partial charge in [0.2, 0.25) is 11.7 Å². The molecule has 1 aliphatic rings. The quantitative estimate of drug-likeness (QED) is 0.457. The van der Waals surface area contributed by atoms with Crippen LogP contribution in [-0.2, 0) is 4.79 Å². The summed E-state index contributed by atoms with van der Waals surface area (Å²) in [6.45, 7) is 3.50. The van der Waals surface area contributed by atoms with E-state index >= 15 is 0 Å². The van der Waals surface area contributed by atoms with Gasteiger partial charge in [-0.1, -0.05) is 6.58 Å². The normalized spacial score (nSPS) is 12.2. The fourth-order valence-corrected chi connectivity index (χ4v) is 2.96.